The van der Waals surface area contributed by atoms with Gasteiger partial charge >= 0.3 is 5.97 Å². The highest BCUT2D eigenvalue weighted by molar-refractivity contribution is 6.21. The smallest absolute Gasteiger partial charge is 0.326 e. The standard InChI is InChI=1S/C21H18O4/c1-3-20(18(23)14-9-5-4-6-10-14)17-15-11-7-8-12-16(15)25-19(24)21(17,20)13(2)22/h4-12,17H,3H2,1-2H3/t17-,20+,21+/m0/s1. The first-order valence-corrected chi connectivity index (χ1v) is 8.44. The lowest BCUT2D eigenvalue weighted by atomic mass is 9.81. The molecule has 4 heteroatoms. The molecule has 1 fully saturated rings. The van der Waals surface area contributed by atoms with Crippen LogP contribution in [-0.4, -0.2) is 17.5 Å². The summed E-state index contributed by atoms with van der Waals surface area (Å²) >= 11 is 0. The van der Waals surface area contributed by atoms with Crippen LogP contribution in [0.2, 0.25) is 0 Å². The number of esters is 1. The summed E-state index contributed by atoms with van der Waals surface area (Å²) in [5.41, 5.74) is -1.21. The summed E-state index contributed by atoms with van der Waals surface area (Å²) in [5, 5.41) is 0. The predicted molar refractivity (Wildman–Crippen MR) is 91.4 cm³/mol. The van der Waals surface area contributed by atoms with Crippen LogP contribution >= 0.6 is 0 Å². The SMILES string of the molecule is CC[C@]1(C(=O)c2ccccc2)[C@@H]2c3ccccc3OC(=O)[C@@]21C(C)=O. The third-order valence-electron chi connectivity index (χ3n) is 5.85. The van der Waals surface area contributed by atoms with Crippen LogP contribution in [0.25, 0.3) is 0 Å². The van der Waals surface area contributed by atoms with Gasteiger partial charge in [0.15, 0.2) is 5.78 Å². The zero-order valence-electron chi connectivity index (χ0n) is 14.1. The van der Waals surface area contributed by atoms with Crippen LogP contribution in [0.4, 0.5) is 0 Å². The highest BCUT2D eigenvalue weighted by Gasteiger charge is 2.87. The van der Waals surface area contributed by atoms with E-state index in [0.717, 1.165) is 5.56 Å². The molecule has 1 saturated carbocycles. The Morgan fingerprint density at radius 2 is 1.68 bits per heavy atom. The van der Waals surface area contributed by atoms with Crippen molar-refractivity contribution in [1.82, 2.24) is 0 Å². The minimum absolute atomic E-state index is 0.163. The molecule has 1 aliphatic heterocycles. The molecule has 0 aromatic heterocycles. The van der Waals surface area contributed by atoms with Crippen molar-refractivity contribution in [3.63, 3.8) is 0 Å². The van der Waals surface area contributed by atoms with Gasteiger partial charge in [0.1, 0.15) is 16.9 Å². The molecular weight excluding hydrogens is 316 g/mol. The van der Waals surface area contributed by atoms with Gasteiger partial charge in [-0.3, -0.25) is 14.4 Å². The Balaban J connectivity index is 1.96. The number of hydrogen-bond donors (Lipinski definition) is 0. The van der Waals surface area contributed by atoms with Crippen molar-refractivity contribution in [2.45, 2.75) is 26.2 Å². The molecule has 1 heterocycles. The van der Waals surface area contributed by atoms with Gasteiger partial charge in [-0.1, -0.05) is 55.5 Å². The highest BCUT2D eigenvalue weighted by atomic mass is 16.5. The second-order valence-corrected chi connectivity index (χ2v) is 6.74. The van der Waals surface area contributed by atoms with Crippen LogP contribution in [0.15, 0.2) is 54.6 Å². The first kappa shape index (κ1) is 15.8. The van der Waals surface area contributed by atoms with E-state index in [2.05, 4.69) is 0 Å². The fourth-order valence-corrected chi connectivity index (χ4v) is 4.79. The Kier molecular flexibility index (Phi) is 3.23. The molecule has 0 radical (unpaired) electrons. The summed E-state index contributed by atoms with van der Waals surface area (Å²) in [6.45, 7) is 3.25. The largest absolute Gasteiger partial charge is 0.425 e. The summed E-state index contributed by atoms with van der Waals surface area (Å²) < 4.78 is 5.48. The van der Waals surface area contributed by atoms with Crippen LogP contribution in [0, 0.1) is 10.8 Å². The topological polar surface area (TPSA) is 60.4 Å². The number of carbonyl (C=O) groups is 3. The quantitative estimate of drug-likeness (QED) is 0.371. The molecule has 4 nitrogen and oxygen atoms in total. The van der Waals surface area contributed by atoms with Crippen molar-refractivity contribution in [2.75, 3.05) is 0 Å². The predicted octanol–water partition coefficient (Wildman–Crippen LogP) is 3.56. The van der Waals surface area contributed by atoms with Crippen LogP contribution in [-0.2, 0) is 9.59 Å². The molecular formula is C21H18O4. The zero-order chi connectivity index (χ0) is 17.8. The molecule has 0 spiro atoms. The number of carbonyl (C=O) groups excluding carboxylic acids is 3. The van der Waals surface area contributed by atoms with Gasteiger partial charge in [0.25, 0.3) is 0 Å². The maximum absolute atomic E-state index is 13.4. The molecule has 0 unspecified atom stereocenters. The number of ether oxygens (including phenoxy) is 1. The monoisotopic (exact) mass is 334 g/mol. The molecule has 25 heavy (non-hydrogen) atoms. The van der Waals surface area contributed by atoms with Crippen molar-refractivity contribution in [3.8, 4) is 5.75 Å². The summed E-state index contributed by atoms with van der Waals surface area (Å²) in [7, 11) is 0. The van der Waals surface area contributed by atoms with E-state index < -0.39 is 22.7 Å². The Morgan fingerprint density at radius 1 is 1.04 bits per heavy atom. The molecule has 1 aliphatic carbocycles. The van der Waals surface area contributed by atoms with Crippen LogP contribution in [0.3, 0.4) is 0 Å². The van der Waals surface area contributed by atoms with Crippen molar-refractivity contribution in [2.24, 2.45) is 10.8 Å². The van der Waals surface area contributed by atoms with Crippen molar-refractivity contribution in [1.29, 1.82) is 0 Å². The second-order valence-electron chi connectivity index (χ2n) is 6.74. The maximum Gasteiger partial charge on any atom is 0.326 e. The molecule has 0 bridgehead atoms. The highest BCUT2D eigenvalue weighted by Crippen LogP contribution is 2.80. The van der Waals surface area contributed by atoms with Crippen molar-refractivity contribution in [3.05, 3.63) is 65.7 Å². The molecule has 0 saturated heterocycles. The number of para-hydroxylation sites is 1. The maximum atomic E-state index is 13.4. The van der Waals surface area contributed by atoms with Crippen LogP contribution in [0.5, 0.6) is 5.75 Å². The molecule has 2 aromatic rings. The number of benzene rings is 2. The van der Waals surface area contributed by atoms with E-state index in [1.165, 1.54) is 6.92 Å². The number of fused-ring (bicyclic) bond motifs is 3. The third-order valence-corrected chi connectivity index (χ3v) is 5.85. The summed E-state index contributed by atoms with van der Waals surface area (Å²) in [4.78, 5) is 38.9. The van der Waals surface area contributed by atoms with Gasteiger partial charge in [-0.2, -0.15) is 0 Å². The van der Waals surface area contributed by atoms with Crippen LogP contribution < -0.4 is 4.74 Å². The number of ketones is 2. The molecule has 4 rings (SSSR count). The molecule has 2 aliphatic rings. The summed E-state index contributed by atoms with van der Waals surface area (Å²) in [5.74, 6) is -1.08. The number of rotatable bonds is 4. The van der Waals surface area contributed by atoms with Crippen molar-refractivity contribution >= 4 is 17.5 Å². The number of hydrogen-bond acceptors (Lipinski definition) is 4. The average molecular weight is 334 g/mol. The Morgan fingerprint density at radius 3 is 2.32 bits per heavy atom. The van der Waals surface area contributed by atoms with Gasteiger partial charge < -0.3 is 4.74 Å². The van der Waals surface area contributed by atoms with E-state index in [1.807, 2.05) is 25.1 Å². The lowest BCUT2D eigenvalue weighted by molar-refractivity contribution is -0.148. The summed E-state index contributed by atoms with van der Waals surface area (Å²) in [6.07, 6.45) is 0.397. The fraction of sp³-hybridized carbons (Fsp3) is 0.286. The minimum atomic E-state index is -1.41. The van der Waals surface area contributed by atoms with E-state index in [-0.39, 0.29) is 11.6 Å². The Hall–Kier alpha value is -2.75. The third kappa shape index (κ3) is 1.69. The van der Waals surface area contributed by atoms with E-state index >= 15 is 0 Å². The molecule has 0 amide bonds. The Bertz CT molecular complexity index is 901. The minimum Gasteiger partial charge on any atom is -0.425 e. The first-order valence-electron chi connectivity index (χ1n) is 8.44. The van der Waals surface area contributed by atoms with E-state index in [4.69, 9.17) is 4.74 Å². The van der Waals surface area contributed by atoms with Gasteiger partial charge in [-0.25, -0.2) is 0 Å². The normalized spacial score (nSPS) is 29.2. The molecule has 3 atom stereocenters. The lowest BCUT2D eigenvalue weighted by Gasteiger charge is -2.22. The molecule has 0 N–H and O–H groups in total. The molecule has 2 aromatic carbocycles. The van der Waals surface area contributed by atoms with Gasteiger partial charge in [0.05, 0.1) is 5.41 Å². The summed E-state index contributed by atoms with van der Waals surface area (Å²) in [6, 6.07) is 16.0. The van der Waals surface area contributed by atoms with Gasteiger partial charge in [-0.05, 0) is 19.4 Å². The van der Waals surface area contributed by atoms with Gasteiger partial charge in [0, 0.05) is 17.0 Å². The zero-order valence-corrected chi connectivity index (χ0v) is 14.1. The first-order chi connectivity index (χ1) is 12.0. The lowest BCUT2D eigenvalue weighted by Crippen LogP contribution is -2.38. The van der Waals surface area contributed by atoms with Crippen molar-refractivity contribution < 1.29 is 19.1 Å². The fourth-order valence-electron chi connectivity index (χ4n) is 4.79. The second kappa shape index (κ2) is 5.12. The van der Waals surface area contributed by atoms with Crippen LogP contribution in [0.1, 0.15) is 42.1 Å². The van der Waals surface area contributed by atoms with E-state index in [0.29, 0.717) is 17.7 Å². The van der Waals surface area contributed by atoms with E-state index in [1.54, 1.807) is 36.4 Å². The molecule has 126 valence electrons. The van der Waals surface area contributed by atoms with Gasteiger partial charge in [0.2, 0.25) is 0 Å². The number of Topliss-reactive ketones (excluding diaryl/α,β-unsaturated/α-hetero) is 2. The Labute approximate surface area is 145 Å². The van der Waals surface area contributed by atoms with E-state index in [9.17, 15) is 14.4 Å². The van der Waals surface area contributed by atoms with Gasteiger partial charge in [-0.15, -0.1) is 0 Å². The average Bonchev–Trinajstić information content (AvgIpc) is 3.29.